The molecule has 2 rings (SSSR count). The first kappa shape index (κ1) is 15.3. The number of hydrogen-bond donors (Lipinski definition) is 1. The quantitative estimate of drug-likeness (QED) is 0.861. The van der Waals surface area contributed by atoms with Crippen molar-refractivity contribution in [3.8, 4) is 0 Å². The maximum Gasteiger partial charge on any atom is 0.410 e. The van der Waals surface area contributed by atoms with E-state index in [1.807, 2.05) is 26.8 Å². The molecule has 1 aliphatic rings. The van der Waals surface area contributed by atoms with E-state index in [9.17, 15) is 9.59 Å². The summed E-state index contributed by atoms with van der Waals surface area (Å²) >= 11 is 0. The van der Waals surface area contributed by atoms with Crippen LogP contribution >= 0.6 is 0 Å². The molecule has 1 aliphatic heterocycles. The number of carbonyl (C=O) groups is 2. The number of aryl methyl sites for hydroxylation is 1. The van der Waals surface area contributed by atoms with Gasteiger partial charge in [-0.1, -0.05) is 0 Å². The summed E-state index contributed by atoms with van der Waals surface area (Å²) in [6.07, 6.45) is 1.19. The van der Waals surface area contributed by atoms with E-state index in [0.717, 1.165) is 12.1 Å². The van der Waals surface area contributed by atoms with Crippen LogP contribution in [0, 0.1) is 0 Å². The van der Waals surface area contributed by atoms with Crippen LogP contribution in [-0.2, 0) is 16.6 Å². The van der Waals surface area contributed by atoms with Gasteiger partial charge in [0.15, 0.2) is 0 Å². The Balaban J connectivity index is 2.00. The van der Waals surface area contributed by atoms with Crippen LogP contribution in [0.25, 0.3) is 0 Å². The highest BCUT2D eigenvalue weighted by atomic mass is 16.6. The maximum atomic E-state index is 12.0. The van der Waals surface area contributed by atoms with Crippen LogP contribution in [0.15, 0.2) is 6.07 Å². The van der Waals surface area contributed by atoms with E-state index in [0.29, 0.717) is 25.3 Å². The lowest BCUT2D eigenvalue weighted by molar-refractivity contribution is -0.105. The molecule has 1 N–H and O–H groups in total. The molecule has 0 radical (unpaired) electrons. The topological polar surface area (TPSA) is 76.5 Å². The van der Waals surface area contributed by atoms with Crippen LogP contribution in [0.1, 0.15) is 38.8 Å². The maximum absolute atomic E-state index is 12.0. The SMILES string of the molecule is Cn1nc(C2CCN(C(=O)OC(C)(C)C)C2)cc1NC=O. The average Bonchev–Trinajstić information content (AvgIpc) is 2.95. The molecule has 116 valence electrons. The van der Waals surface area contributed by atoms with Crippen LogP contribution < -0.4 is 5.32 Å². The van der Waals surface area contributed by atoms with Gasteiger partial charge in [0.25, 0.3) is 0 Å². The van der Waals surface area contributed by atoms with Crippen molar-refractivity contribution in [1.29, 1.82) is 0 Å². The molecule has 0 bridgehead atoms. The van der Waals surface area contributed by atoms with E-state index < -0.39 is 5.60 Å². The van der Waals surface area contributed by atoms with Crippen molar-refractivity contribution < 1.29 is 14.3 Å². The Labute approximate surface area is 124 Å². The van der Waals surface area contributed by atoms with E-state index >= 15 is 0 Å². The zero-order valence-electron chi connectivity index (χ0n) is 12.9. The van der Waals surface area contributed by atoms with Crippen molar-refractivity contribution in [3.63, 3.8) is 0 Å². The summed E-state index contributed by atoms with van der Waals surface area (Å²) in [5, 5.41) is 7.00. The van der Waals surface area contributed by atoms with Gasteiger partial charge in [-0.25, -0.2) is 4.79 Å². The number of ether oxygens (including phenoxy) is 1. The first-order valence-corrected chi connectivity index (χ1v) is 7.02. The van der Waals surface area contributed by atoms with Gasteiger partial charge in [-0.2, -0.15) is 5.10 Å². The second kappa shape index (κ2) is 5.75. The minimum Gasteiger partial charge on any atom is -0.444 e. The van der Waals surface area contributed by atoms with Gasteiger partial charge in [0, 0.05) is 32.1 Å². The number of nitrogens with one attached hydrogen (secondary N) is 1. The molecular formula is C14H22N4O3. The summed E-state index contributed by atoms with van der Waals surface area (Å²) < 4.78 is 7.00. The molecule has 0 saturated carbocycles. The minimum atomic E-state index is -0.485. The summed E-state index contributed by atoms with van der Waals surface area (Å²) in [5.41, 5.74) is 0.397. The number of aromatic nitrogens is 2. The van der Waals surface area contributed by atoms with E-state index in [1.165, 1.54) is 0 Å². The monoisotopic (exact) mass is 294 g/mol. The lowest BCUT2D eigenvalue weighted by atomic mass is 10.1. The van der Waals surface area contributed by atoms with Crippen molar-refractivity contribution in [2.45, 2.75) is 38.7 Å². The third kappa shape index (κ3) is 3.74. The molecule has 1 fully saturated rings. The summed E-state index contributed by atoms with van der Waals surface area (Å²) in [4.78, 5) is 24.2. The molecular weight excluding hydrogens is 272 g/mol. The van der Waals surface area contributed by atoms with Gasteiger partial charge >= 0.3 is 6.09 Å². The highest BCUT2D eigenvalue weighted by Gasteiger charge is 2.31. The smallest absolute Gasteiger partial charge is 0.410 e. The Kier molecular flexibility index (Phi) is 4.20. The lowest BCUT2D eigenvalue weighted by Gasteiger charge is -2.24. The summed E-state index contributed by atoms with van der Waals surface area (Å²) in [6.45, 7) is 6.82. The summed E-state index contributed by atoms with van der Waals surface area (Å²) in [7, 11) is 1.77. The van der Waals surface area contributed by atoms with Gasteiger partial charge in [-0.15, -0.1) is 0 Å². The molecule has 1 atom stereocenters. The van der Waals surface area contributed by atoms with Gasteiger partial charge in [0.05, 0.1) is 5.69 Å². The number of rotatable bonds is 3. The zero-order chi connectivity index (χ0) is 15.6. The fraction of sp³-hybridized carbons (Fsp3) is 0.643. The van der Waals surface area contributed by atoms with Gasteiger partial charge in [-0.05, 0) is 27.2 Å². The molecule has 7 heteroatoms. The fourth-order valence-electron chi connectivity index (χ4n) is 2.38. The van der Waals surface area contributed by atoms with E-state index in [4.69, 9.17) is 4.74 Å². The minimum absolute atomic E-state index is 0.172. The molecule has 21 heavy (non-hydrogen) atoms. The van der Waals surface area contributed by atoms with E-state index in [1.54, 1.807) is 16.6 Å². The van der Waals surface area contributed by atoms with Crippen molar-refractivity contribution in [2.75, 3.05) is 18.4 Å². The van der Waals surface area contributed by atoms with Crippen LogP contribution in [0.4, 0.5) is 10.6 Å². The molecule has 2 heterocycles. The normalized spacial score (nSPS) is 18.7. The molecule has 1 aromatic rings. The number of hydrogen-bond acceptors (Lipinski definition) is 4. The van der Waals surface area contributed by atoms with Crippen LogP contribution in [0.2, 0.25) is 0 Å². The van der Waals surface area contributed by atoms with E-state index in [2.05, 4.69) is 10.4 Å². The third-order valence-electron chi connectivity index (χ3n) is 3.36. The van der Waals surface area contributed by atoms with Crippen LogP contribution in [0.3, 0.4) is 0 Å². The second-order valence-corrected chi connectivity index (χ2v) is 6.25. The summed E-state index contributed by atoms with van der Waals surface area (Å²) in [5.74, 6) is 0.821. The predicted octanol–water partition coefficient (Wildman–Crippen LogP) is 1.71. The zero-order valence-corrected chi connectivity index (χ0v) is 12.9. The molecule has 7 nitrogen and oxygen atoms in total. The van der Waals surface area contributed by atoms with Crippen LogP contribution in [0.5, 0.6) is 0 Å². The predicted molar refractivity (Wildman–Crippen MR) is 78.1 cm³/mol. The second-order valence-electron chi connectivity index (χ2n) is 6.25. The van der Waals surface area contributed by atoms with Crippen molar-refractivity contribution in [1.82, 2.24) is 14.7 Å². The van der Waals surface area contributed by atoms with Crippen molar-refractivity contribution >= 4 is 18.3 Å². The molecule has 1 aromatic heterocycles. The lowest BCUT2D eigenvalue weighted by Crippen LogP contribution is -2.35. The number of nitrogens with zero attached hydrogens (tertiary/aromatic N) is 3. The highest BCUT2D eigenvalue weighted by Crippen LogP contribution is 2.28. The van der Waals surface area contributed by atoms with Gasteiger partial charge in [0.2, 0.25) is 6.41 Å². The Bertz CT molecular complexity index is 533. The van der Waals surface area contributed by atoms with Gasteiger partial charge in [-0.3, -0.25) is 9.48 Å². The fourth-order valence-corrected chi connectivity index (χ4v) is 2.38. The first-order valence-electron chi connectivity index (χ1n) is 7.02. The Morgan fingerprint density at radius 1 is 1.52 bits per heavy atom. The average molecular weight is 294 g/mol. The van der Waals surface area contributed by atoms with Crippen LogP contribution in [-0.4, -0.2) is 45.9 Å². The Hall–Kier alpha value is -2.05. The van der Waals surface area contributed by atoms with Gasteiger partial charge in [0.1, 0.15) is 11.4 Å². The molecule has 0 spiro atoms. The third-order valence-corrected chi connectivity index (χ3v) is 3.36. The van der Waals surface area contributed by atoms with E-state index in [-0.39, 0.29) is 12.0 Å². The van der Waals surface area contributed by atoms with Crippen molar-refractivity contribution in [3.05, 3.63) is 11.8 Å². The molecule has 1 saturated heterocycles. The standard InChI is InChI=1S/C14H22N4O3/c1-14(2,3)21-13(20)18-6-5-10(8-18)11-7-12(15-9-19)17(4)16-11/h7,9-10H,5-6,8H2,1-4H3,(H,15,19). The highest BCUT2D eigenvalue weighted by molar-refractivity contribution is 5.70. The molecule has 0 aromatic carbocycles. The number of amides is 2. The summed E-state index contributed by atoms with van der Waals surface area (Å²) in [6, 6.07) is 1.84. The Morgan fingerprint density at radius 3 is 2.86 bits per heavy atom. The first-order chi connectivity index (χ1) is 9.80. The largest absolute Gasteiger partial charge is 0.444 e. The van der Waals surface area contributed by atoms with Gasteiger partial charge < -0.3 is 15.0 Å². The number of carbonyl (C=O) groups excluding carboxylic acids is 2. The number of likely N-dealkylation sites (tertiary alicyclic amines) is 1. The number of anilines is 1. The molecule has 1 unspecified atom stereocenters. The molecule has 0 aliphatic carbocycles. The molecule has 2 amide bonds. The Morgan fingerprint density at radius 2 is 2.24 bits per heavy atom. The van der Waals surface area contributed by atoms with Crippen molar-refractivity contribution in [2.24, 2.45) is 7.05 Å².